The predicted octanol–water partition coefficient (Wildman–Crippen LogP) is 3.74. The van der Waals surface area contributed by atoms with Crippen molar-refractivity contribution in [2.75, 3.05) is 0 Å². The molecule has 1 aliphatic rings. The van der Waals surface area contributed by atoms with E-state index in [1.807, 2.05) is 60.1 Å². The van der Waals surface area contributed by atoms with Crippen LogP contribution >= 0.6 is 0 Å². The third-order valence-electron chi connectivity index (χ3n) is 6.29. The van der Waals surface area contributed by atoms with Crippen LogP contribution in [0.3, 0.4) is 0 Å². The summed E-state index contributed by atoms with van der Waals surface area (Å²) in [6.45, 7) is 3.71. The van der Waals surface area contributed by atoms with Crippen molar-refractivity contribution in [3.63, 3.8) is 0 Å². The summed E-state index contributed by atoms with van der Waals surface area (Å²) in [5.74, 6) is -2.09. The van der Waals surface area contributed by atoms with Crippen molar-refractivity contribution in [3.8, 4) is 5.75 Å². The number of imide groups is 1. The first kappa shape index (κ1) is 23.9. The summed E-state index contributed by atoms with van der Waals surface area (Å²) in [5, 5.41) is 2.07. The summed E-state index contributed by atoms with van der Waals surface area (Å²) >= 11 is 0. The monoisotopic (exact) mass is 495 g/mol. The molecule has 0 radical (unpaired) electrons. The van der Waals surface area contributed by atoms with Gasteiger partial charge in [-0.05, 0) is 29.8 Å². The lowest BCUT2D eigenvalue weighted by Gasteiger charge is -2.13. The molecule has 3 aromatic carbocycles. The number of carbonyl (C=O) groups is 4. The molecule has 0 unspecified atom stereocenters. The largest absolute Gasteiger partial charge is 0.423 e. The number of aryl methyl sites for hydroxylation is 1. The van der Waals surface area contributed by atoms with Crippen LogP contribution in [0.15, 0.2) is 84.9 Å². The highest BCUT2D eigenvalue weighted by molar-refractivity contribution is 6.13. The van der Waals surface area contributed by atoms with Crippen molar-refractivity contribution in [1.29, 1.82) is 0 Å². The maximum atomic E-state index is 13.4. The zero-order valence-corrected chi connectivity index (χ0v) is 20.1. The molecule has 37 heavy (non-hydrogen) atoms. The molecule has 2 amide bonds. The standard InChI is InChI=1S/C29H23N2O6/c1-18(28(34)37-31-25(32)15-16-26(31)33)17-19-11-13-20(14-12-19)36-29(35)27-21-7-3-5-9-23(21)30(2)24-10-6-4-8-22(24)27/h3-14H,1,15-17H2,2H3/q+1. The summed E-state index contributed by atoms with van der Waals surface area (Å²) in [6.07, 6.45) is 0.172. The molecule has 8 nitrogen and oxygen atoms in total. The first-order valence-electron chi connectivity index (χ1n) is 11.7. The van der Waals surface area contributed by atoms with Gasteiger partial charge in [-0.1, -0.05) is 43.0 Å². The van der Waals surface area contributed by atoms with Gasteiger partial charge in [0.2, 0.25) is 11.0 Å². The number of carbonyl (C=O) groups excluding carboxylic acids is 4. The van der Waals surface area contributed by atoms with Crippen LogP contribution in [0.5, 0.6) is 5.75 Å². The number of ether oxygens (including phenoxy) is 1. The fraction of sp³-hybridized carbons (Fsp3) is 0.138. The Hall–Kier alpha value is -4.85. The highest BCUT2D eigenvalue weighted by Gasteiger charge is 2.33. The van der Waals surface area contributed by atoms with Crippen LogP contribution in [0.25, 0.3) is 21.8 Å². The highest BCUT2D eigenvalue weighted by atomic mass is 16.7. The lowest BCUT2D eigenvalue weighted by Crippen LogP contribution is -2.32. The van der Waals surface area contributed by atoms with E-state index >= 15 is 0 Å². The van der Waals surface area contributed by atoms with Gasteiger partial charge in [0.25, 0.3) is 11.8 Å². The number of benzene rings is 3. The van der Waals surface area contributed by atoms with Gasteiger partial charge in [0.1, 0.15) is 12.8 Å². The number of hydrogen-bond donors (Lipinski definition) is 0. The third-order valence-corrected chi connectivity index (χ3v) is 6.29. The van der Waals surface area contributed by atoms with Gasteiger partial charge < -0.3 is 9.57 Å². The zero-order valence-electron chi connectivity index (χ0n) is 20.1. The fourth-order valence-electron chi connectivity index (χ4n) is 4.41. The van der Waals surface area contributed by atoms with Crippen LogP contribution in [0.4, 0.5) is 0 Å². The van der Waals surface area contributed by atoms with Crippen LogP contribution < -0.4 is 9.30 Å². The molecule has 5 rings (SSSR count). The number of pyridine rings is 1. The van der Waals surface area contributed by atoms with Crippen molar-refractivity contribution in [3.05, 3.63) is 96.1 Å². The number of aromatic nitrogens is 1. The van der Waals surface area contributed by atoms with E-state index < -0.39 is 23.8 Å². The Morgan fingerprint density at radius 2 is 1.41 bits per heavy atom. The summed E-state index contributed by atoms with van der Waals surface area (Å²) in [7, 11) is 1.96. The minimum absolute atomic E-state index is 0.0196. The number of amides is 2. The highest BCUT2D eigenvalue weighted by Crippen LogP contribution is 2.26. The molecule has 0 spiro atoms. The molecule has 1 fully saturated rings. The first-order chi connectivity index (χ1) is 17.8. The Kier molecular flexibility index (Phi) is 6.23. The number of fused-ring (bicyclic) bond motifs is 2. The molecule has 0 N–H and O–H groups in total. The molecular weight excluding hydrogens is 472 g/mol. The number of hydroxylamine groups is 2. The normalized spacial score (nSPS) is 13.3. The summed E-state index contributed by atoms with van der Waals surface area (Å²) in [5.41, 5.74) is 3.09. The number of esters is 1. The third kappa shape index (κ3) is 4.56. The molecule has 2 heterocycles. The predicted molar refractivity (Wildman–Crippen MR) is 134 cm³/mol. The van der Waals surface area contributed by atoms with Crippen LogP contribution in [0.2, 0.25) is 0 Å². The molecule has 1 aliphatic heterocycles. The molecule has 0 atom stereocenters. The fourth-order valence-corrected chi connectivity index (χ4v) is 4.41. The molecular formula is C29H23N2O6+. The number of hydrogen-bond acceptors (Lipinski definition) is 6. The van der Waals surface area contributed by atoms with Crippen LogP contribution in [-0.4, -0.2) is 28.8 Å². The van der Waals surface area contributed by atoms with Gasteiger partial charge in [0.05, 0.1) is 16.3 Å². The molecule has 184 valence electrons. The van der Waals surface area contributed by atoms with Crippen LogP contribution in [-0.2, 0) is 32.7 Å². The Morgan fingerprint density at radius 1 is 0.865 bits per heavy atom. The van der Waals surface area contributed by atoms with Gasteiger partial charge in [-0.25, -0.2) is 9.59 Å². The van der Waals surface area contributed by atoms with Gasteiger partial charge in [-0.2, -0.15) is 4.57 Å². The summed E-state index contributed by atoms with van der Waals surface area (Å²) in [4.78, 5) is 53.8. The Balaban J connectivity index is 1.32. The van der Waals surface area contributed by atoms with Gasteiger partial charge in [-0.3, -0.25) is 9.59 Å². The minimum Gasteiger partial charge on any atom is -0.423 e. The molecule has 0 aliphatic carbocycles. The molecule has 1 aromatic heterocycles. The zero-order chi connectivity index (χ0) is 26.1. The van der Waals surface area contributed by atoms with E-state index in [9.17, 15) is 19.2 Å². The number of nitrogens with zero attached hydrogens (tertiary/aromatic N) is 2. The smallest absolute Gasteiger partial charge is 0.359 e. The quantitative estimate of drug-likeness (QED) is 0.101. The molecule has 0 saturated carbocycles. The molecule has 0 bridgehead atoms. The average Bonchev–Trinajstić information content (AvgIpc) is 3.22. The van der Waals surface area contributed by atoms with Gasteiger partial charge >= 0.3 is 11.9 Å². The van der Waals surface area contributed by atoms with Gasteiger partial charge in [0, 0.05) is 37.0 Å². The van der Waals surface area contributed by atoms with Crippen LogP contribution in [0.1, 0.15) is 28.8 Å². The SMILES string of the molecule is C=C(Cc1ccc(OC(=O)c2c3ccccc3[n+](C)c3ccccc23)cc1)C(=O)ON1C(=O)CCC1=O. The van der Waals surface area contributed by atoms with E-state index in [4.69, 9.17) is 9.57 Å². The van der Waals surface area contributed by atoms with E-state index in [0.29, 0.717) is 21.9 Å². The Morgan fingerprint density at radius 3 is 1.97 bits per heavy atom. The van der Waals surface area contributed by atoms with Gasteiger partial charge in [-0.15, -0.1) is 5.06 Å². The van der Waals surface area contributed by atoms with E-state index in [-0.39, 0.29) is 24.8 Å². The summed E-state index contributed by atoms with van der Waals surface area (Å²) in [6, 6.07) is 22.0. The second-order valence-electron chi connectivity index (χ2n) is 8.74. The van der Waals surface area contributed by atoms with E-state index in [2.05, 4.69) is 6.58 Å². The second-order valence-corrected chi connectivity index (χ2v) is 8.74. The molecule has 8 heteroatoms. The van der Waals surface area contributed by atoms with Crippen molar-refractivity contribution in [2.24, 2.45) is 7.05 Å². The van der Waals surface area contributed by atoms with E-state index in [1.165, 1.54) is 0 Å². The van der Waals surface area contributed by atoms with E-state index in [1.54, 1.807) is 24.3 Å². The minimum atomic E-state index is -0.852. The number of para-hydroxylation sites is 2. The van der Waals surface area contributed by atoms with Gasteiger partial charge in [0.15, 0.2) is 0 Å². The van der Waals surface area contributed by atoms with E-state index in [0.717, 1.165) is 21.8 Å². The first-order valence-corrected chi connectivity index (χ1v) is 11.7. The molecule has 1 saturated heterocycles. The Labute approximate surface area is 212 Å². The molecule has 4 aromatic rings. The maximum absolute atomic E-state index is 13.4. The van der Waals surface area contributed by atoms with Crippen molar-refractivity contribution in [2.45, 2.75) is 19.3 Å². The van der Waals surface area contributed by atoms with Crippen LogP contribution in [0, 0.1) is 0 Å². The lowest BCUT2D eigenvalue weighted by atomic mass is 10.0. The maximum Gasteiger partial charge on any atom is 0.359 e. The average molecular weight is 496 g/mol. The summed E-state index contributed by atoms with van der Waals surface area (Å²) < 4.78 is 7.78. The number of rotatable bonds is 6. The Bertz CT molecular complexity index is 1530. The second kappa shape index (κ2) is 9.66. The van der Waals surface area contributed by atoms with Crippen molar-refractivity contribution < 1.29 is 33.3 Å². The van der Waals surface area contributed by atoms with Crippen molar-refractivity contribution >= 4 is 45.6 Å². The van der Waals surface area contributed by atoms with Crippen molar-refractivity contribution in [1.82, 2.24) is 5.06 Å². The topological polar surface area (TPSA) is 93.9 Å². The lowest BCUT2D eigenvalue weighted by molar-refractivity contribution is -0.617.